The maximum atomic E-state index is 13.4. The molecule has 1 atom stereocenters. The van der Waals surface area contributed by atoms with Crippen molar-refractivity contribution in [2.75, 3.05) is 10.6 Å². The van der Waals surface area contributed by atoms with Crippen molar-refractivity contribution >= 4 is 28.8 Å². The molecule has 0 spiro atoms. The van der Waals surface area contributed by atoms with E-state index in [0.29, 0.717) is 33.6 Å². The first-order chi connectivity index (χ1) is 17.1. The summed E-state index contributed by atoms with van der Waals surface area (Å²) in [5.41, 5.74) is 2.17. The zero-order valence-electron chi connectivity index (χ0n) is 18.6. The Morgan fingerprint density at radius 1 is 1.00 bits per heavy atom. The van der Waals surface area contributed by atoms with Crippen LogP contribution >= 0.6 is 0 Å². The summed E-state index contributed by atoms with van der Waals surface area (Å²) in [6.45, 7) is 0. The number of aliphatic hydroxyl groups is 1. The first-order valence-electron chi connectivity index (χ1n) is 10.9. The van der Waals surface area contributed by atoms with E-state index in [-0.39, 0.29) is 6.42 Å². The van der Waals surface area contributed by atoms with Crippen molar-refractivity contribution in [3.63, 3.8) is 0 Å². The number of nitrogens with one attached hydrogen (secondary N) is 2. The smallest absolute Gasteiger partial charge is 0.383 e. The lowest BCUT2D eigenvalue weighted by molar-refractivity contribution is -0.137. The van der Waals surface area contributed by atoms with Crippen LogP contribution in [0.5, 0.6) is 0 Å². The molecule has 0 aromatic heterocycles. The summed E-state index contributed by atoms with van der Waals surface area (Å²) in [7, 11) is 0. The Hall–Kier alpha value is -4.24. The van der Waals surface area contributed by atoms with Crippen LogP contribution in [0.3, 0.4) is 0 Å². The molecule has 1 heterocycles. The van der Waals surface area contributed by atoms with Gasteiger partial charge in [0.2, 0.25) is 5.91 Å². The van der Waals surface area contributed by atoms with E-state index in [0.717, 1.165) is 12.1 Å². The molecule has 9 heteroatoms. The number of benzene rings is 3. The highest BCUT2D eigenvalue weighted by Gasteiger charge is 2.30. The summed E-state index contributed by atoms with van der Waals surface area (Å²) >= 11 is 0. The molecule has 0 aliphatic carbocycles. The predicted octanol–water partition coefficient (Wildman–Crippen LogP) is 5.33. The van der Waals surface area contributed by atoms with Crippen LogP contribution in [-0.2, 0) is 22.2 Å². The summed E-state index contributed by atoms with van der Waals surface area (Å²) in [4.78, 5) is 24.2. The lowest BCUT2D eigenvalue weighted by atomic mass is 9.96. The SMILES string of the molecule is O=C(/C=C/C=C(/c1ccc(F)cc1)c1ccc(C(F)(F)F)cc1)Nc1cccc2c1CC(O)C(=O)N2. The number of anilines is 2. The van der Waals surface area contributed by atoms with Crippen LogP contribution in [0, 0.1) is 5.82 Å². The zero-order chi connectivity index (χ0) is 25.9. The number of hydrogen-bond acceptors (Lipinski definition) is 3. The van der Waals surface area contributed by atoms with E-state index in [2.05, 4.69) is 10.6 Å². The van der Waals surface area contributed by atoms with Crippen LogP contribution in [-0.4, -0.2) is 23.0 Å². The van der Waals surface area contributed by atoms with Gasteiger partial charge in [0.15, 0.2) is 0 Å². The van der Waals surface area contributed by atoms with Crippen molar-refractivity contribution in [1.29, 1.82) is 0 Å². The Kier molecular flexibility index (Phi) is 7.03. The molecular formula is C27H20F4N2O3. The number of rotatable bonds is 5. The van der Waals surface area contributed by atoms with E-state index in [1.165, 1.54) is 48.6 Å². The fraction of sp³-hybridized carbons (Fsp3) is 0.111. The molecule has 3 N–H and O–H groups in total. The fourth-order valence-corrected chi connectivity index (χ4v) is 3.78. The zero-order valence-corrected chi connectivity index (χ0v) is 18.6. The van der Waals surface area contributed by atoms with Crippen LogP contribution in [0.1, 0.15) is 22.3 Å². The normalized spacial score (nSPS) is 16.0. The minimum atomic E-state index is -4.48. The molecular weight excluding hydrogens is 476 g/mol. The highest BCUT2D eigenvalue weighted by Crippen LogP contribution is 2.32. The fourth-order valence-electron chi connectivity index (χ4n) is 3.78. The molecule has 36 heavy (non-hydrogen) atoms. The number of halogens is 4. The highest BCUT2D eigenvalue weighted by molar-refractivity contribution is 6.03. The third-order valence-corrected chi connectivity index (χ3v) is 5.58. The predicted molar refractivity (Wildman–Crippen MR) is 127 cm³/mol. The average Bonchev–Trinajstić information content (AvgIpc) is 2.83. The summed E-state index contributed by atoms with van der Waals surface area (Å²) in [5.74, 6) is -1.49. The van der Waals surface area contributed by atoms with E-state index >= 15 is 0 Å². The number of carbonyl (C=O) groups is 2. The molecule has 0 fully saturated rings. The summed E-state index contributed by atoms with van der Waals surface area (Å²) in [6, 6.07) is 14.9. The van der Waals surface area contributed by atoms with Crippen LogP contribution in [0.4, 0.5) is 28.9 Å². The maximum Gasteiger partial charge on any atom is 0.416 e. The van der Waals surface area contributed by atoms with Gasteiger partial charge in [-0.3, -0.25) is 9.59 Å². The number of carbonyl (C=O) groups excluding carboxylic acids is 2. The molecule has 5 nitrogen and oxygen atoms in total. The van der Waals surface area contributed by atoms with E-state index in [4.69, 9.17) is 0 Å². The van der Waals surface area contributed by atoms with Gasteiger partial charge in [-0.1, -0.05) is 42.5 Å². The molecule has 4 rings (SSSR count). The van der Waals surface area contributed by atoms with Crippen LogP contribution < -0.4 is 10.6 Å². The molecule has 0 radical (unpaired) electrons. The van der Waals surface area contributed by atoms with Gasteiger partial charge in [-0.05, 0) is 53.1 Å². The van der Waals surface area contributed by atoms with Crippen molar-refractivity contribution in [1.82, 2.24) is 0 Å². The van der Waals surface area contributed by atoms with Gasteiger partial charge in [-0.15, -0.1) is 0 Å². The van der Waals surface area contributed by atoms with Crippen LogP contribution in [0.2, 0.25) is 0 Å². The van der Waals surface area contributed by atoms with Gasteiger partial charge in [0.25, 0.3) is 5.91 Å². The van der Waals surface area contributed by atoms with E-state index < -0.39 is 35.5 Å². The van der Waals surface area contributed by atoms with Gasteiger partial charge < -0.3 is 15.7 Å². The molecule has 2 amide bonds. The van der Waals surface area contributed by atoms with Crippen molar-refractivity contribution in [3.8, 4) is 0 Å². The second-order valence-electron chi connectivity index (χ2n) is 8.05. The Morgan fingerprint density at radius 3 is 2.28 bits per heavy atom. The van der Waals surface area contributed by atoms with Crippen molar-refractivity contribution in [2.45, 2.75) is 18.7 Å². The van der Waals surface area contributed by atoms with Crippen molar-refractivity contribution in [2.24, 2.45) is 0 Å². The standard InChI is InChI=1S/C27H20F4N2O3/c28-19-13-9-17(10-14-19)20(16-7-11-18(12-8-16)27(29,30)31)3-1-6-25(35)32-22-4-2-5-23-21(22)15-24(34)26(36)33-23/h1-14,24,34H,15H2,(H,32,35)(H,33,36)/b6-1+,20-3+. The number of amides is 2. The monoisotopic (exact) mass is 496 g/mol. The van der Waals surface area contributed by atoms with E-state index in [1.807, 2.05) is 0 Å². The molecule has 3 aromatic carbocycles. The highest BCUT2D eigenvalue weighted by atomic mass is 19.4. The lowest BCUT2D eigenvalue weighted by Gasteiger charge is -2.23. The first kappa shape index (κ1) is 24.9. The number of fused-ring (bicyclic) bond motifs is 1. The molecule has 0 saturated heterocycles. The Bertz CT molecular complexity index is 1340. The summed E-state index contributed by atoms with van der Waals surface area (Å²) in [6.07, 6.45) is -1.46. The number of allylic oxidation sites excluding steroid dienone is 2. The van der Waals surface area contributed by atoms with Gasteiger partial charge in [0, 0.05) is 29.4 Å². The summed E-state index contributed by atoms with van der Waals surface area (Å²) in [5, 5.41) is 15.1. The molecule has 3 aromatic rings. The number of hydrogen-bond donors (Lipinski definition) is 3. The molecule has 1 aliphatic heterocycles. The quantitative estimate of drug-likeness (QED) is 0.254. The van der Waals surface area contributed by atoms with E-state index in [9.17, 15) is 32.3 Å². The van der Waals surface area contributed by atoms with E-state index in [1.54, 1.807) is 24.3 Å². The largest absolute Gasteiger partial charge is 0.416 e. The Balaban J connectivity index is 1.58. The third kappa shape index (κ3) is 5.69. The van der Waals surface area contributed by atoms with Gasteiger partial charge in [0.05, 0.1) is 5.56 Å². The van der Waals surface area contributed by atoms with Crippen LogP contribution in [0.25, 0.3) is 5.57 Å². The molecule has 1 aliphatic rings. The second kappa shape index (κ2) is 10.2. The summed E-state index contributed by atoms with van der Waals surface area (Å²) < 4.78 is 52.3. The molecule has 184 valence electrons. The van der Waals surface area contributed by atoms with Gasteiger partial charge >= 0.3 is 6.18 Å². The van der Waals surface area contributed by atoms with Crippen molar-refractivity contribution in [3.05, 3.63) is 113 Å². The average molecular weight is 496 g/mol. The van der Waals surface area contributed by atoms with Crippen molar-refractivity contribution < 1.29 is 32.3 Å². The maximum absolute atomic E-state index is 13.4. The topological polar surface area (TPSA) is 78.4 Å². The molecule has 1 unspecified atom stereocenters. The second-order valence-corrected chi connectivity index (χ2v) is 8.05. The molecule has 0 bridgehead atoms. The first-order valence-corrected chi connectivity index (χ1v) is 10.9. The number of aliphatic hydroxyl groups excluding tert-OH is 1. The van der Waals surface area contributed by atoms with Crippen LogP contribution in [0.15, 0.2) is 85.0 Å². The molecule has 0 saturated carbocycles. The Labute approximate surface area is 203 Å². The Morgan fingerprint density at radius 2 is 1.64 bits per heavy atom. The minimum absolute atomic E-state index is 0.0455. The lowest BCUT2D eigenvalue weighted by Crippen LogP contribution is -2.34. The third-order valence-electron chi connectivity index (χ3n) is 5.58. The minimum Gasteiger partial charge on any atom is -0.383 e. The van der Waals surface area contributed by atoms with Gasteiger partial charge in [0.1, 0.15) is 11.9 Å². The van der Waals surface area contributed by atoms with Gasteiger partial charge in [-0.2, -0.15) is 13.2 Å². The van der Waals surface area contributed by atoms with Gasteiger partial charge in [-0.25, -0.2) is 4.39 Å². The number of alkyl halides is 3.